The molecule has 0 aliphatic rings. The molecule has 0 aliphatic heterocycles. The summed E-state index contributed by atoms with van der Waals surface area (Å²) in [5.74, 6) is -0.284. The van der Waals surface area contributed by atoms with Gasteiger partial charge in [-0.3, -0.25) is 0 Å². The second-order valence-electron chi connectivity index (χ2n) is 2.18. The van der Waals surface area contributed by atoms with Gasteiger partial charge in [-0.2, -0.15) is 0 Å². The normalized spacial score (nSPS) is 10.8. The first kappa shape index (κ1) is 9.21. The molecule has 0 amide bonds. The number of rotatable bonds is 3. The highest BCUT2D eigenvalue weighted by Crippen LogP contribution is 1.90. The number of esters is 1. The van der Waals surface area contributed by atoms with Crippen molar-refractivity contribution < 1.29 is 9.53 Å². The lowest BCUT2D eigenvalue weighted by Gasteiger charge is -2.03. The predicted octanol–water partition coefficient (Wildman–Crippen LogP) is 1.72. The molecule has 57 valence electrons. The molecule has 0 unspecified atom stereocenters. The molecule has 0 aliphatic carbocycles. The van der Waals surface area contributed by atoms with E-state index in [1.807, 2.05) is 20.8 Å². The Morgan fingerprint density at radius 1 is 1.50 bits per heavy atom. The van der Waals surface area contributed by atoms with Crippen LogP contribution in [0, 0.1) is 6.42 Å². The molecular formula is C8H13O2. The zero-order chi connectivity index (χ0) is 7.98. The van der Waals surface area contributed by atoms with Gasteiger partial charge in [0.15, 0.2) is 0 Å². The fraction of sp³-hybridized carbons (Fsp3) is 0.500. The summed E-state index contributed by atoms with van der Waals surface area (Å²) in [6, 6.07) is 0. The third-order valence-corrected chi connectivity index (χ3v) is 0.777. The van der Waals surface area contributed by atoms with Gasteiger partial charge >= 0.3 is 5.97 Å². The molecule has 0 N–H and O–H groups in total. The minimum atomic E-state index is -0.284. The first-order valence-corrected chi connectivity index (χ1v) is 3.33. The van der Waals surface area contributed by atoms with Crippen LogP contribution in [0.25, 0.3) is 0 Å². The lowest BCUT2D eigenvalue weighted by molar-refractivity contribution is -0.141. The van der Waals surface area contributed by atoms with Crippen molar-refractivity contribution in [3.63, 3.8) is 0 Å². The summed E-state index contributed by atoms with van der Waals surface area (Å²) < 4.78 is 4.81. The van der Waals surface area contributed by atoms with Crippen molar-refractivity contribution in [2.45, 2.75) is 26.9 Å². The van der Waals surface area contributed by atoms with Crippen LogP contribution in [-0.2, 0) is 9.53 Å². The van der Waals surface area contributed by atoms with Crippen LogP contribution >= 0.6 is 0 Å². The van der Waals surface area contributed by atoms with Gasteiger partial charge in [0.2, 0.25) is 0 Å². The fourth-order valence-electron chi connectivity index (χ4n) is 0.446. The molecule has 2 heteroatoms. The SMILES string of the molecule is C[CH]/C=C/C(=O)OC(C)C. The van der Waals surface area contributed by atoms with Gasteiger partial charge in [-0.25, -0.2) is 4.79 Å². The Labute approximate surface area is 61.9 Å². The maximum absolute atomic E-state index is 10.7. The smallest absolute Gasteiger partial charge is 0.330 e. The summed E-state index contributed by atoms with van der Waals surface area (Å²) in [5.41, 5.74) is 0. The highest BCUT2D eigenvalue weighted by molar-refractivity contribution is 5.82. The van der Waals surface area contributed by atoms with Crippen LogP contribution in [0.3, 0.4) is 0 Å². The number of allylic oxidation sites excluding steroid dienone is 1. The standard InChI is InChI=1S/C8H13O2/c1-4-5-6-8(9)10-7(2)3/h4-7H,1-3H3/b6-5+. The lowest BCUT2D eigenvalue weighted by atomic mass is 10.4. The zero-order valence-electron chi connectivity index (χ0n) is 6.63. The van der Waals surface area contributed by atoms with Crippen molar-refractivity contribution in [1.82, 2.24) is 0 Å². The molecule has 0 rings (SSSR count). The first-order valence-electron chi connectivity index (χ1n) is 3.33. The van der Waals surface area contributed by atoms with Crippen molar-refractivity contribution in [1.29, 1.82) is 0 Å². The maximum Gasteiger partial charge on any atom is 0.330 e. The second kappa shape index (κ2) is 5.03. The third-order valence-electron chi connectivity index (χ3n) is 0.777. The minimum Gasteiger partial charge on any atom is -0.460 e. The number of carbonyl (C=O) groups is 1. The molecule has 0 aromatic carbocycles. The Morgan fingerprint density at radius 3 is 2.50 bits per heavy atom. The van der Waals surface area contributed by atoms with E-state index < -0.39 is 0 Å². The molecule has 0 saturated heterocycles. The highest BCUT2D eigenvalue weighted by atomic mass is 16.5. The molecule has 0 saturated carbocycles. The van der Waals surface area contributed by atoms with Gasteiger partial charge in [-0.15, -0.1) is 0 Å². The molecule has 0 aromatic heterocycles. The van der Waals surface area contributed by atoms with Crippen molar-refractivity contribution in [3.8, 4) is 0 Å². The minimum absolute atomic E-state index is 0.0333. The maximum atomic E-state index is 10.7. The topological polar surface area (TPSA) is 26.3 Å². The number of ether oxygens (including phenoxy) is 1. The summed E-state index contributed by atoms with van der Waals surface area (Å²) in [4.78, 5) is 10.7. The van der Waals surface area contributed by atoms with Crippen molar-refractivity contribution in [3.05, 3.63) is 18.6 Å². The van der Waals surface area contributed by atoms with E-state index in [4.69, 9.17) is 4.74 Å². The average molecular weight is 141 g/mol. The molecule has 10 heavy (non-hydrogen) atoms. The summed E-state index contributed by atoms with van der Waals surface area (Å²) >= 11 is 0. The van der Waals surface area contributed by atoms with Crippen LogP contribution in [-0.4, -0.2) is 12.1 Å². The van der Waals surface area contributed by atoms with Crippen molar-refractivity contribution in [2.24, 2.45) is 0 Å². The average Bonchev–Trinajstić information content (AvgIpc) is 1.82. The highest BCUT2D eigenvalue weighted by Gasteiger charge is 1.97. The fourth-order valence-corrected chi connectivity index (χ4v) is 0.446. The number of carbonyl (C=O) groups excluding carboxylic acids is 1. The monoisotopic (exact) mass is 141 g/mol. The molecule has 0 heterocycles. The Bertz CT molecular complexity index is 125. The van der Waals surface area contributed by atoms with Crippen molar-refractivity contribution >= 4 is 5.97 Å². The zero-order valence-corrected chi connectivity index (χ0v) is 6.63. The van der Waals surface area contributed by atoms with E-state index in [1.54, 1.807) is 12.5 Å². The van der Waals surface area contributed by atoms with E-state index in [9.17, 15) is 4.79 Å². The van der Waals surface area contributed by atoms with E-state index in [0.29, 0.717) is 0 Å². The summed E-state index contributed by atoms with van der Waals surface area (Å²) in [6.07, 6.45) is 4.81. The van der Waals surface area contributed by atoms with Crippen LogP contribution in [0.15, 0.2) is 12.2 Å². The Kier molecular flexibility index (Phi) is 4.63. The van der Waals surface area contributed by atoms with Crippen molar-refractivity contribution in [2.75, 3.05) is 0 Å². The van der Waals surface area contributed by atoms with Gasteiger partial charge in [0.25, 0.3) is 0 Å². The molecule has 0 atom stereocenters. The van der Waals surface area contributed by atoms with Crippen LogP contribution in [0.1, 0.15) is 20.8 Å². The van der Waals surface area contributed by atoms with Crippen LogP contribution in [0.2, 0.25) is 0 Å². The van der Waals surface area contributed by atoms with Crippen LogP contribution in [0.5, 0.6) is 0 Å². The second-order valence-corrected chi connectivity index (χ2v) is 2.18. The van der Waals surface area contributed by atoms with Gasteiger partial charge in [0, 0.05) is 6.08 Å². The van der Waals surface area contributed by atoms with Gasteiger partial charge in [-0.05, 0) is 20.3 Å². The molecule has 0 aromatic rings. The largest absolute Gasteiger partial charge is 0.460 e. The molecule has 0 spiro atoms. The Hall–Kier alpha value is -0.790. The van der Waals surface area contributed by atoms with Gasteiger partial charge in [0.05, 0.1) is 6.10 Å². The van der Waals surface area contributed by atoms with E-state index in [-0.39, 0.29) is 12.1 Å². The van der Waals surface area contributed by atoms with Gasteiger partial charge < -0.3 is 4.74 Å². The number of hydrogen-bond acceptors (Lipinski definition) is 2. The molecule has 0 bridgehead atoms. The summed E-state index contributed by atoms with van der Waals surface area (Å²) in [5, 5.41) is 0. The number of hydrogen-bond donors (Lipinski definition) is 0. The lowest BCUT2D eigenvalue weighted by Crippen LogP contribution is -2.08. The summed E-state index contributed by atoms with van der Waals surface area (Å²) in [6.45, 7) is 5.49. The summed E-state index contributed by atoms with van der Waals surface area (Å²) in [7, 11) is 0. The van der Waals surface area contributed by atoms with E-state index in [2.05, 4.69) is 0 Å². The van der Waals surface area contributed by atoms with Crippen LogP contribution in [0.4, 0.5) is 0 Å². The van der Waals surface area contributed by atoms with Crippen LogP contribution < -0.4 is 0 Å². The first-order chi connectivity index (χ1) is 4.66. The molecule has 0 fully saturated rings. The molecule has 1 radical (unpaired) electrons. The quantitative estimate of drug-likeness (QED) is 0.442. The van der Waals surface area contributed by atoms with E-state index >= 15 is 0 Å². The van der Waals surface area contributed by atoms with Gasteiger partial charge in [0.1, 0.15) is 0 Å². The molecular weight excluding hydrogens is 128 g/mol. The van der Waals surface area contributed by atoms with E-state index in [0.717, 1.165) is 0 Å². The van der Waals surface area contributed by atoms with Gasteiger partial charge in [-0.1, -0.05) is 13.0 Å². The third kappa shape index (κ3) is 5.35. The Balaban J connectivity index is 3.54. The Morgan fingerprint density at radius 2 is 2.10 bits per heavy atom. The predicted molar refractivity (Wildman–Crippen MR) is 40.3 cm³/mol. The van der Waals surface area contributed by atoms with E-state index in [1.165, 1.54) is 6.08 Å². The molecule has 2 nitrogen and oxygen atoms in total.